The first-order valence-corrected chi connectivity index (χ1v) is 9.93. The van der Waals surface area contributed by atoms with Gasteiger partial charge in [0.25, 0.3) is 0 Å². The Hall–Kier alpha value is -2.49. The van der Waals surface area contributed by atoms with Crippen molar-refractivity contribution in [1.82, 2.24) is 0 Å². The monoisotopic (exact) mass is 382 g/mol. The van der Waals surface area contributed by atoms with Crippen molar-refractivity contribution >= 4 is 28.1 Å². The summed E-state index contributed by atoms with van der Waals surface area (Å²) in [6, 6.07) is 5.96. The molecule has 4 heteroatoms. The van der Waals surface area contributed by atoms with Crippen LogP contribution >= 0.6 is 0 Å². The summed E-state index contributed by atoms with van der Waals surface area (Å²) in [5.41, 5.74) is 5.61. The molecular weight excluding hydrogens is 348 g/mol. The van der Waals surface area contributed by atoms with Crippen molar-refractivity contribution in [3.63, 3.8) is 0 Å². The first-order chi connectivity index (χ1) is 13.2. The zero-order chi connectivity index (χ0) is 20.8. The molecule has 0 aliphatic carbocycles. The van der Waals surface area contributed by atoms with Crippen molar-refractivity contribution in [3.8, 4) is 0 Å². The van der Waals surface area contributed by atoms with Crippen molar-refractivity contribution in [3.05, 3.63) is 47.3 Å². The first-order valence-electron chi connectivity index (χ1n) is 9.93. The molecule has 1 heterocycles. The number of hydrogen-bond donors (Lipinski definition) is 0. The fraction of sp³-hybridized carbons (Fsp3) is 0.458. The average molecular weight is 383 g/mol. The van der Waals surface area contributed by atoms with Crippen molar-refractivity contribution in [2.24, 2.45) is 0 Å². The van der Waals surface area contributed by atoms with Crippen LogP contribution in [0.3, 0.4) is 0 Å². The van der Waals surface area contributed by atoms with Gasteiger partial charge in [-0.25, -0.2) is 0 Å². The number of furan rings is 1. The molecular formula is C24H34N2O2. The highest BCUT2D eigenvalue weighted by atomic mass is 16.3. The van der Waals surface area contributed by atoms with Gasteiger partial charge in [-0.1, -0.05) is 23.3 Å². The molecule has 0 bridgehead atoms. The summed E-state index contributed by atoms with van der Waals surface area (Å²) in [5.74, 6) is 0.508. The van der Waals surface area contributed by atoms with Crippen LogP contribution in [0.5, 0.6) is 0 Å². The van der Waals surface area contributed by atoms with Crippen molar-refractivity contribution in [1.29, 1.82) is 0 Å². The minimum atomic E-state index is 0.0577. The van der Waals surface area contributed by atoms with Crippen LogP contribution in [0.15, 0.2) is 45.9 Å². The maximum atomic E-state index is 12.6. The molecule has 0 fully saturated rings. The average Bonchev–Trinajstić information content (AvgIpc) is 3.03. The van der Waals surface area contributed by atoms with Crippen molar-refractivity contribution < 1.29 is 9.21 Å². The lowest BCUT2D eigenvalue weighted by Crippen LogP contribution is -2.16. The Kier molecular flexibility index (Phi) is 7.50. The van der Waals surface area contributed by atoms with E-state index in [4.69, 9.17) is 4.42 Å². The quantitative estimate of drug-likeness (QED) is 0.381. The minimum Gasteiger partial charge on any atom is -0.453 e. The number of nitrogens with zero attached hydrogens (tertiary/aromatic N) is 2. The Morgan fingerprint density at radius 2 is 1.50 bits per heavy atom. The molecule has 0 saturated carbocycles. The third-order valence-electron chi connectivity index (χ3n) is 4.81. The summed E-state index contributed by atoms with van der Waals surface area (Å²) < 4.78 is 5.88. The number of carbonyl (C=O) groups is 1. The second-order valence-corrected chi connectivity index (χ2v) is 8.11. The predicted octanol–water partition coefficient (Wildman–Crippen LogP) is 6.22. The highest BCUT2D eigenvalue weighted by Crippen LogP contribution is 2.34. The number of anilines is 2. The normalized spacial score (nSPS) is 11.6. The molecule has 1 aromatic heterocycles. The van der Waals surface area contributed by atoms with Gasteiger partial charge in [-0.3, -0.25) is 4.79 Å². The number of allylic oxidation sites excluding steroid dienone is 4. The molecule has 0 atom stereocenters. The number of hydrogen-bond acceptors (Lipinski definition) is 4. The summed E-state index contributed by atoms with van der Waals surface area (Å²) in [4.78, 5) is 16.7. The third-order valence-corrected chi connectivity index (χ3v) is 4.81. The molecule has 0 N–H and O–H groups in total. The predicted molar refractivity (Wildman–Crippen MR) is 121 cm³/mol. The van der Waals surface area contributed by atoms with Gasteiger partial charge in [-0.05, 0) is 52.2 Å². The van der Waals surface area contributed by atoms with E-state index in [1.165, 1.54) is 11.1 Å². The number of benzene rings is 1. The van der Waals surface area contributed by atoms with Gasteiger partial charge < -0.3 is 14.2 Å². The summed E-state index contributed by atoms with van der Waals surface area (Å²) >= 11 is 0. The van der Waals surface area contributed by atoms with E-state index < -0.39 is 0 Å². The lowest BCUT2D eigenvalue weighted by molar-refractivity contribution is 0.0959. The molecule has 0 saturated heterocycles. The highest BCUT2D eigenvalue weighted by Gasteiger charge is 2.15. The fourth-order valence-corrected chi connectivity index (χ4v) is 3.18. The zero-order valence-electron chi connectivity index (χ0n) is 18.4. The van der Waals surface area contributed by atoms with Gasteiger partial charge in [0.05, 0.1) is 11.4 Å². The third kappa shape index (κ3) is 5.75. The van der Waals surface area contributed by atoms with Gasteiger partial charge in [0.15, 0.2) is 11.5 Å². The molecule has 28 heavy (non-hydrogen) atoms. The van der Waals surface area contributed by atoms with Crippen LogP contribution < -0.4 is 9.80 Å². The molecule has 0 aliphatic heterocycles. The topological polar surface area (TPSA) is 36.7 Å². The van der Waals surface area contributed by atoms with Crippen molar-refractivity contribution in [2.75, 3.05) is 38.0 Å². The number of Topliss-reactive ketones (excluding diaryl/α,β-unsaturated/α-hetero) is 1. The zero-order valence-corrected chi connectivity index (χ0v) is 18.4. The Morgan fingerprint density at radius 1 is 0.893 bits per heavy atom. The lowest BCUT2D eigenvalue weighted by Gasteiger charge is -2.22. The van der Waals surface area contributed by atoms with Gasteiger partial charge in [0.1, 0.15) is 5.58 Å². The van der Waals surface area contributed by atoms with Crippen LogP contribution in [0.25, 0.3) is 11.0 Å². The van der Waals surface area contributed by atoms with Gasteiger partial charge in [0.2, 0.25) is 0 Å². The van der Waals surface area contributed by atoms with Gasteiger partial charge in [-0.15, -0.1) is 0 Å². The number of carbonyl (C=O) groups excluding carboxylic acids is 1. The number of ketones is 1. The molecule has 152 valence electrons. The maximum absolute atomic E-state index is 12.6. The molecule has 0 aliphatic rings. The van der Waals surface area contributed by atoms with E-state index in [2.05, 4.69) is 48.8 Å². The smallest absolute Gasteiger partial charge is 0.198 e. The van der Waals surface area contributed by atoms with Gasteiger partial charge in [-0.2, -0.15) is 0 Å². The molecule has 0 spiro atoms. The molecule has 2 rings (SSSR count). The lowest BCUT2D eigenvalue weighted by atomic mass is 10.1. The highest BCUT2D eigenvalue weighted by molar-refractivity contribution is 5.99. The maximum Gasteiger partial charge on any atom is 0.198 e. The molecule has 4 nitrogen and oxygen atoms in total. The SMILES string of the molecule is CC(C)=CCC/C(C)=C/CCC(=O)c1cc2cc(N(C)C)c(N(C)C)cc2o1. The minimum absolute atomic E-state index is 0.0577. The first kappa shape index (κ1) is 21.8. The Labute approximate surface area is 169 Å². The van der Waals surface area contributed by atoms with Crippen LogP contribution in [0.1, 0.15) is 57.0 Å². The van der Waals surface area contributed by atoms with Crippen LogP contribution in [-0.4, -0.2) is 34.0 Å². The van der Waals surface area contributed by atoms with E-state index in [9.17, 15) is 4.79 Å². The van der Waals surface area contributed by atoms with Crippen LogP contribution in [-0.2, 0) is 0 Å². The van der Waals surface area contributed by atoms with E-state index in [0.29, 0.717) is 12.2 Å². The summed E-state index contributed by atoms with van der Waals surface area (Å²) in [7, 11) is 8.06. The Bertz CT molecular complexity index is 836. The van der Waals surface area contributed by atoms with Crippen LogP contribution in [0, 0.1) is 0 Å². The van der Waals surface area contributed by atoms with Crippen molar-refractivity contribution in [2.45, 2.75) is 46.5 Å². The van der Waals surface area contributed by atoms with Gasteiger partial charge >= 0.3 is 0 Å². The van der Waals surface area contributed by atoms with E-state index in [-0.39, 0.29) is 5.78 Å². The largest absolute Gasteiger partial charge is 0.453 e. The molecule has 0 amide bonds. The molecule has 1 aromatic carbocycles. The number of fused-ring (bicyclic) bond motifs is 1. The second-order valence-electron chi connectivity index (χ2n) is 8.11. The summed E-state index contributed by atoms with van der Waals surface area (Å²) in [6.45, 7) is 6.37. The van der Waals surface area contributed by atoms with Gasteiger partial charge in [0, 0.05) is 46.1 Å². The number of rotatable bonds is 9. The second kappa shape index (κ2) is 9.63. The van der Waals surface area contributed by atoms with E-state index in [0.717, 1.165) is 41.6 Å². The fourth-order valence-electron chi connectivity index (χ4n) is 3.18. The Balaban J connectivity index is 2.08. The van der Waals surface area contributed by atoms with E-state index in [1.807, 2.05) is 40.3 Å². The Morgan fingerprint density at radius 3 is 2.11 bits per heavy atom. The van der Waals surface area contributed by atoms with Crippen LogP contribution in [0.4, 0.5) is 11.4 Å². The summed E-state index contributed by atoms with van der Waals surface area (Å²) in [6.07, 6.45) is 7.76. The van der Waals surface area contributed by atoms with E-state index in [1.54, 1.807) is 0 Å². The van der Waals surface area contributed by atoms with Crippen LogP contribution in [0.2, 0.25) is 0 Å². The molecule has 2 aromatic rings. The van der Waals surface area contributed by atoms with E-state index >= 15 is 0 Å². The standard InChI is InChI=1S/C24H34N2O2/c1-17(2)10-8-11-18(3)12-9-13-22(27)24-15-19-14-20(25(4)5)21(26(6)7)16-23(19)28-24/h10,12,14-16H,8-9,11,13H2,1-7H3/b18-12+. The molecule has 0 radical (unpaired) electrons. The molecule has 0 unspecified atom stereocenters. The summed E-state index contributed by atoms with van der Waals surface area (Å²) in [5, 5.41) is 0.964.